The van der Waals surface area contributed by atoms with Crippen LogP contribution in [0.15, 0.2) is 205 Å². The fourth-order valence-corrected chi connectivity index (χ4v) is 8.47. The zero-order valence-corrected chi connectivity index (χ0v) is 37.5. The first-order chi connectivity index (χ1) is 31.4. The first-order valence-electron chi connectivity index (χ1n) is 22.1. The molecule has 0 spiro atoms. The van der Waals surface area contributed by atoms with Gasteiger partial charge in [-0.3, -0.25) is 9.98 Å². The van der Waals surface area contributed by atoms with Gasteiger partial charge in [-0.2, -0.15) is 0 Å². The molecule has 6 nitrogen and oxygen atoms in total. The summed E-state index contributed by atoms with van der Waals surface area (Å²) >= 11 is 0. The summed E-state index contributed by atoms with van der Waals surface area (Å²) in [7, 11) is 2.18. The highest BCUT2D eigenvalue weighted by atomic mass is 15.1. The van der Waals surface area contributed by atoms with Crippen molar-refractivity contribution in [3.63, 3.8) is 0 Å². The second-order valence-corrected chi connectivity index (χ2v) is 15.9. The van der Waals surface area contributed by atoms with Crippen LogP contribution in [0.3, 0.4) is 0 Å². The lowest BCUT2D eigenvalue weighted by atomic mass is 9.98. The minimum absolute atomic E-state index is 0.590. The number of nitrogens with two attached hydrogens (primary N) is 1. The summed E-state index contributed by atoms with van der Waals surface area (Å²) in [4.78, 5) is 11.4. The van der Waals surface area contributed by atoms with E-state index in [4.69, 9.17) is 5.73 Å². The molecule has 0 unspecified atom stereocenters. The van der Waals surface area contributed by atoms with Crippen molar-refractivity contribution in [3.8, 4) is 0 Å². The maximum Gasteiger partial charge on any atom is 0.0813 e. The molecule has 1 aliphatic carbocycles. The molecule has 5 aromatic carbocycles. The van der Waals surface area contributed by atoms with Gasteiger partial charge in [0.25, 0.3) is 0 Å². The van der Waals surface area contributed by atoms with Gasteiger partial charge in [-0.15, -0.1) is 0 Å². The Hall–Kier alpha value is -7.70. The first-order valence-corrected chi connectivity index (χ1v) is 22.1. The van der Waals surface area contributed by atoms with Gasteiger partial charge in [0.05, 0.1) is 22.4 Å². The van der Waals surface area contributed by atoms with Gasteiger partial charge >= 0.3 is 0 Å². The van der Waals surface area contributed by atoms with E-state index in [1.807, 2.05) is 81.6 Å². The molecule has 9 rings (SSSR count). The molecule has 0 atom stereocenters. The molecule has 0 aliphatic heterocycles. The molecule has 0 fully saturated rings. The van der Waals surface area contributed by atoms with Crippen LogP contribution in [0.2, 0.25) is 0 Å². The van der Waals surface area contributed by atoms with Gasteiger partial charge in [0.1, 0.15) is 0 Å². The van der Waals surface area contributed by atoms with Crippen molar-refractivity contribution in [2.24, 2.45) is 10.7 Å². The summed E-state index contributed by atoms with van der Waals surface area (Å²) in [5.74, 6) is 0. The average Bonchev–Trinajstić information content (AvgIpc) is 3.94. The molecule has 2 N–H and O–H groups in total. The number of aliphatic imine (C=N–C) groups is 1. The van der Waals surface area contributed by atoms with Crippen LogP contribution in [0, 0.1) is 6.92 Å². The molecule has 3 heterocycles. The monoisotopic (exact) mass is 836 g/mol. The van der Waals surface area contributed by atoms with Crippen LogP contribution in [0.4, 0.5) is 11.4 Å². The lowest BCUT2D eigenvalue weighted by Crippen LogP contribution is -2.10. The summed E-state index contributed by atoms with van der Waals surface area (Å²) < 4.78 is 4.58. The Balaban J connectivity index is 0.000000731. The number of aromatic nitrogens is 3. The highest BCUT2D eigenvalue weighted by molar-refractivity contribution is 6.21. The lowest BCUT2D eigenvalue weighted by Gasteiger charge is -2.23. The number of hydrogen-bond donors (Lipinski definition) is 1. The fourth-order valence-electron chi connectivity index (χ4n) is 8.47. The van der Waals surface area contributed by atoms with Crippen molar-refractivity contribution in [1.82, 2.24) is 14.1 Å². The number of nitrogens with zero attached hydrogens (tertiary/aromatic N) is 5. The molecule has 0 bridgehead atoms. The van der Waals surface area contributed by atoms with Gasteiger partial charge in [0.15, 0.2) is 0 Å². The Morgan fingerprint density at radius 2 is 1.66 bits per heavy atom. The van der Waals surface area contributed by atoms with Gasteiger partial charge in [-0.1, -0.05) is 127 Å². The number of allylic oxidation sites excluding steroid dienone is 11. The van der Waals surface area contributed by atoms with Gasteiger partial charge in [-0.25, -0.2) is 0 Å². The molecule has 6 heteroatoms. The number of fused-ring (bicyclic) bond motifs is 6. The average molecular weight is 837 g/mol. The summed E-state index contributed by atoms with van der Waals surface area (Å²) in [5.41, 5.74) is 18.2. The van der Waals surface area contributed by atoms with Crippen LogP contribution in [-0.2, 0) is 6.42 Å². The third kappa shape index (κ3) is 9.23. The molecule has 0 amide bonds. The van der Waals surface area contributed by atoms with Crippen LogP contribution in [0.5, 0.6) is 0 Å². The minimum atomic E-state index is 0.590. The van der Waals surface area contributed by atoms with Gasteiger partial charge in [0, 0.05) is 93.8 Å². The van der Waals surface area contributed by atoms with E-state index < -0.39 is 0 Å². The molecular formula is C58H56N6. The summed E-state index contributed by atoms with van der Waals surface area (Å²) in [6, 6.07) is 41.0. The molecule has 0 saturated carbocycles. The van der Waals surface area contributed by atoms with E-state index in [0.29, 0.717) is 12.1 Å². The maximum atomic E-state index is 6.73. The Bertz CT molecular complexity index is 3180. The summed E-state index contributed by atoms with van der Waals surface area (Å²) in [5, 5.41) is 7.31. The molecule has 318 valence electrons. The Morgan fingerprint density at radius 1 is 0.828 bits per heavy atom. The van der Waals surface area contributed by atoms with E-state index in [9.17, 15) is 0 Å². The zero-order chi connectivity index (χ0) is 44.4. The summed E-state index contributed by atoms with van der Waals surface area (Å²) in [6.07, 6.45) is 32.2. The zero-order valence-electron chi connectivity index (χ0n) is 37.5. The minimum Gasteiger partial charge on any atom is -0.397 e. The number of benzene rings is 5. The van der Waals surface area contributed by atoms with Crippen LogP contribution >= 0.6 is 0 Å². The number of anilines is 2. The topological polar surface area (TPSA) is 64.4 Å². The number of pyridine rings is 1. The van der Waals surface area contributed by atoms with Crippen molar-refractivity contribution < 1.29 is 0 Å². The van der Waals surface area contributed by atoms with E-state index in [2.05, 4.69) is 172 Å². The van der Waals surface area contributed by atoms with Crippen molar-refractivity contribution >= 4 is 78.4 Å². The molecular weight excluding hydrogens is 781 g/mol. The highest BCUT2D eigenvalue weighted by Gasteiger charge is 2.18. The van der Waals surface area contributed by atoms with Crippen molar-refractivity contribution in [2.75, 3.05) is 11.9 Å². The van der Waals surface area contributed by atoms with E-state index >= 15 is 0 Å². The first kappa shape index (κ1) is 43.0. The SMILES string of the molecule is CC=NC(=C\C)/C(N)=C/C(=C\Cc1ccccn1)n1cc(/C=C\C=C/C)c2cc(N(C)c3cccc4ccc5c(ccc6ccn(C7=CCCC=C7)c65)c34)ccc21.Cc1ccccc1. The fraction of sp³-hybridized carbons (Fsp3) is 0.138. The van der Waals surface area contributed by atoms with Crippen LogP contribution < -0.4 is 10.6 Å². The number of rotatable bonds is 11. The lowest BCUT2D eigenvalue weighted by molar-refractivity contribution is 1.01. The standard InChI is InChI=1S/C51H48N6.C7H8/c1-5-8-10-16-38-35-57(42(25-24-39-18-13-14-31-54-39)34-46(52)47(6-2)53-7-3)48-29-26-41(33-45(38)48)55(4)49-21-15-17-36-22-28-44-43(50(36)49)27-23-37-30-32-56(51(37)44)40-19-11-9-12-20-40;1-7-5-3-2-4-6-7/h5-8,10-11,13-23,25-35H,9,12,24,52H2,1-4H3;2-6H,1H3/b8-5-,16-10-,42-25+,46-34-,47-6-,53-7?;. The Morgan fingerprint density at radius 3 is 2.39 bits per heavy atom. The predicted molar refractivity (Wildman–Crippen MR) is 277 cm³/mol. The number of aryl methyl sites for hydroxylation is 1. The quantitative estimate of drug-likeness (QED) is 0.0802. The highest BCUT2D eigenvalue weighted by Crippen LogP contribution is 2.41. The molecule has 1 aliphatic rings. The summed E-state index contributed by atoms with van der Waals surface area (Å²) in [6.45, 7) is 7.97. The molecule has 64 heavy (non-hydrogen) atoms. The smallest absolute Gasteiger partial charge is 0.0813 e. The third-order valence-electron chi connectivity index (χ3n) is 11.7. The Kier molecular flexibility index (Phi) is 13.4. The maximum absolute atomic E-state index is 6.73. The predicted octanol–water partition coefficient (Wildman–Crippen LogP) is 14.8. The largest absolute Gasteiger partial charge is 0.397 e. The van der Waals surface area contributed by atoms with E-state index in [1.165, 1.54) is 43.7 Å². The van der Waals surface area contributed by atoms with Crippen molar-refractivity contribution in [2.45, 2.75) is 47.0 Å². The molecule has 0 saturated heterocycles. The molecule has 0 radical (unpaired) electrons. The molecule has 3 aromatic heterocycles. The normalized spacial score (nSPS) is 13.8. The van der Waals surface area contributed by atoms with E-state index in [1.54, 1.807) is 6.21 Å². The van der Waals surface area contributed by atoms with Crippen molar-refractivity contribution in [3.05, 3.63) is 217 Å². The second-order valence-electron chi connectivity index (χ2n) is 15.9. The van der Waals surface area contributed by atoms with Crippen molar-refractivity contribution in [1.29, 1.82) is 0 Å². The van der Waals surface area contributed by atoms with E-state index in [-0.39, 0.29) is 0 Å². The Labute approximate surface area is 377 Å². The number of hydrogen-bond acceptors (Lipinski definition) is 4. The van der Waals surface area contributed by atoms with Crippen LogP contribution in [-0.4, -0.2) is 27.4 Å². The van der Waals surface area contributed by atoms with Gasteiger partial charge in [0.2, 0.25) is 0 Å². The third-order valence-corrected chi connectivity index (χ3v) is 11.7. The van der Waals surface area contributed by atoms with Crippen LogP contribution in [0.1, 0.15) is 50.4 Å². The van der Waals surface area contributed by atoms with E-state index in [0.717, 1.165) is 57.8 Å². The van der Waals surface area contributed by atoms with Crippen LogP contribution in [0.25, 0.3) is 60.8 Å². The van der Waals surface area contributed by atoms with Gasteiger partial charge < -0.3 is 19.8 Å². The second kappa shape index (κ2) is 20.0. The molecule has 8 aromatic rings. The van der Waals surface area contributed by atoms with Gasteiger partial charge in [-0.05, 0) is 106 Å².